The molecule has 4 nitrogen and oxygen atoms in total. The van der Waals surface area contributed by atoms with Gasteiger partial charge in [-0.1, -0.05) is 74.8 Å². The highest BCUT2D eigenvalue weighted by Crippen LogP contribution is 2.29. The maximum absolute atomic E-state index is 13.2. The molecule has 1 fully saturated rings. The molecule has 31 heavy (non-hydrogen) atoms. The first-order valence-corrected chi connectivity index (χ1v) is 11.6. The van der Waals surface area contributed by atoms with Crippen LogP contribution in [-0.4, -0.2) is 35.8 Å². The van der Waals surface area contributed by atoms with Crippen molar-refractivity contribution in [2.24, 2.45) is 5.92 Å². The van der Waals surface area contributed by atoms with Crippen molar-refractivity contribution in [2.45, 2.75) is 57.9 Å². The summed E-state index contributed by atoms with van der Waals surface area (Å²) in [6, 6.07) is 17.5. The molecule has 2 aromatic carbocycles. The molecular formula is C26H33ClN2O2. The fraction of sp³-hybridized carbons (Fsp3) is 0.462. The molecule has 2 amide bonds. The topological polar surface area (TPSA) is 49.4 Å². The monoisotopic (exact) mass is 440 g/mol. The van der Waals surface area contributed by atoms with Gasteiger partial charge in [0.05, 0.1) is 0 Å². The van der Waals surface area contributed by atoms with Crippen molar-refractivity contribution in [3.8, 4) is 0 Å². The predicted octanol–water partition coefficient (Wildman–Crippen LogP) is 5.38. The van der Waals surface area contributed by atoms with Gasteiger partial charge in [0.15, 0.2) is 0 Å². The summed E-state index contributed by atoms with van der Waals surface area (Å²) in [5.74, 6) is 0.557. The lowest BCUT2D eigenvalue weighted by atomic mass is 9.89. The Hall–Kier alpha value is -2.33. The maximum atomic E-state index is 13.2. The average Bonchev–Trinajstić information content (AvgIpc) is 2.78. The minimum atomic E-state index is -0.484. The SMILES string of the molecule is CC(C)[C@@H](NC(=O)C[C@@H](C)c1ccccc1)C(=O)N1CCC(c2ccc(Cl)cc2)CC1. The van der Waals surface area contributed by atoms with Gasteiger partial charge in [-0.05, 0) is 53.9 Å². The molecule has 5 heteroatoms. The zero-order valence-corrected chi connectivity index (χ0v) is 19.4. The Morgan fingerprint density at radius 3 is 2.19 bits per heavy atom. The molecule has 1 heterocycles. The smallest absolute Gasteiger partial charge is 0.245 e. The summed E-state index contributed by atoms with van der Waals surface area (Å²) in [7, 11) is 0. The van der Waals surface area contributed by atoms with E-state index in [1.54, 1.807) is 0 Å². The molecule has 0 bridgehead atoms. The van der Waals surface area contributed by atoms with E-state index in [0.29, 0.717) is 25.4 Å². The van der Waals surface area contributed by atoms with Crippen LogP contribution in [0, 0.1) is 5.92 Å². The number of piperidine rings is 1. The van der Waals surface area contributed by atoms with Crippen LogP contribution in [-0.2, 0) is 9.59 Å². The number of hydrogen-bond donors (Lipinski definition) is 1. The van der Waals surface area contributed by atoms with Crippen LogP contribution in [0.1, 0.15) is 63.0 Å². The first-order valence-electron chi connectivity index (χ1n) is 11.2. The normalized spacial score (nSPS) is 16.7. The van der Waals surface area contributed by atoms with Crippen molar-refractivity contribution in [3.63, 3.8) is 0 Å². The van der Waals surface area contributed by atoms with Crippen molar-refractivity contribution < 1.29 is 9.59 Å². The van der Waals surface area contributed by atoms with Crippen LogP contribution in [0.2, 0.25) is 5.02 Å². The fourth-order valence-corrected chi connectivity index (χ4v) is 4.41. The number of halogens is 1. The zero-order valence-electron chi connectivity index (χ0n) is 18.7. The fourth-order valence-electron chi connectivity index (χ4n) is 4.29. The number of nitrogens with zero attached hydrogens (tertiary/aromatic N) is 1. The van der Waals surface area contributed by atoms with Crippen LogP contribution in [0.3, 0.4) is 0 Å². The number of carbonyl (C=O) groups is 2. The number of nitrogens with one attached hydrogen (secondary N) is 1. The van der Waals surface area contributed by atoms with Gasteiger partial charge in [-0.3, -0.25) is 9.59 Å². The molecule has 1 aliphatic rings. The molecule has 2 atom stereocenters. The minimum absolute atomic E-state index is 0.0327. The van der Waals surface area contributed by atoms with E-state index in [1.165, 1.54) is 5.56 Å². The summed E-state index contributed by atoms with van der Waals surface area (Å²) in [5, 5.41) is 3.76. The van der Waals surface area contributed by atoms with Crippen molar-refractivity contribution in [3.05, 3.63) is 70.7 Å². The van der Waals surface area contributed by atoms with Crippen LogP contribution in [0.5, 0.6) is 0 Å². The molecule has 0 spiro atoms. The number of carbonyl (C=O) groups excluding carboxylic acids is 2. The van der Waals surface area contributed by atoms with Crippen LogP contribution >= 0.6 is 11.6 Å². The highest BCUT2D eigenvalue weighted by Gasteiger charge is 2.31. The molecule has 1 saturated heterocycles. The van der Waals surface area contributed by atoms with E-state index in [-0.39, 0.29) is 23.7 Å². The highest BCUT2D eigenvalue weighted by molar-refractivity contribution is 6.30. The standard InChI is InChI=1S/C26H33ClN2O2/c1-18(2)25(28-24(30)17-19(3)20-7-5-4-6-8-20)26(31)29-15-13-22(14-16-29)21-9-11-23(27)12-10-21/h4-12,18-19,22,25H,13-17H2,1-3H3,(H,28,30)/t19-,25-/m1/s1. The third-order valence-corrected chi connectivity index (χ3v) is 6.51. The minimum Gasteiger partial charge on any atom is -0.344 e. The summed E-state index contributed by atoms with van der Waals surface area (Å²) in [4.78, 5) is 27.8. The maximum Gasteiger partial charge on any atom is 0.245 e. The van der Waals surface area contributed by atoms with Gasteiger partial charge in [0.2, 0.25) is 11.8 Å². The van der Waals surface area contributed by atoms with Crippen LogP contribution in [0.15, 0.2) is 54.6 Å². The number of likely N-dealkylation sites (tertiary alicyclic amines) is 1. The third-order valence-electron chi connectivity index (χ3n) is 6.26. The molecule has 166 valence electrons. The van der Waals surface area contributed by atoms with Gasteiger partial charge in [-0.25, -0.2) is 0 Å². The van der Waals surface area contributed by atoms with Gasteiger partial charge in [-0.2, -0.15) is 0 Å². The number of benzene rings is 2. The molecule has 2 aromatic rings. The second kappa shape index (κ2) is 10.8. The summed E-state index contributed by atoms with van der Waals surface area (Å²) in [6.07, 6.45) is 2.23. The molecule has 3 rings (SSSR count). The van der Waals surface area contributed by atoms with E-state index < -0.39 is 6.04 Å². The molecule has 0 aliphatic carbocycles. The van der Waals surface area contributed by atoms with Crippen molar-refractivity contribution in [1.29, 1.82) is 0 Å². The molecule has 0 aromatic heterocycles. The summed E-state index contributed by atoms with van der Waals surface area (Å²) < 4.78 is 0. The van der Waals surface area contributed by atoms with Gasteiger partial charge in [0.1, 0.15) is 6.04 Å². The second-order valence-corrected chi connectivity index (χ2v) is 9.39. The largest absolute Gasteiger partial charge is 0.344 e. The molecule has 1 N–H and O–H groups in total. The predicted molar refractivity (Wildman–Crippen MR) is 126 cm³/mol. The Morgan fingerprint density at radius 1 is 1.00 bits per heavy atom. The quantitative estimate of drug-likeness (QED) is 0.628. The molecular weight excluding hydrogens is 408 g/mol. The Bertz CT molecular complexity index is 859. The Kier molecular flexibility index (Phi) is 8.14. The molecule has 0 radical (unpaired) electrons. The van der Waals surface area contributed by atoms with Crippen molar-refractivity contribution in [1.82, 2.24) is 10.2 Å². The first-order chi connectivity index (χ1) is 14.8. The molecule has 0 saturated carbocycles. The average molecular weight is 441 g/mol. The van der Waals surface area contributed by atoms with E-state index >= 15 is 0 Å². The van der Waals surface area contributed by atoms with Crippen LogP contribution in [0.25, 0.3) is 0 Å². The van der Waals surface area contributed by atoms with E-state index in [0.717, 1.165) is 23.4 Å². The lowest BCUT2D eigenvalue weighted by molar-refractivity contribution is -0.138. The van der Waals surface area contributed by atoms with E-state index in [2.05, 4.69) is 17.4 Å². The Balaban J connectivity index is 1.55. The van der Waals surface area contributed by atoms with E-state index in [1.807, 2.05) is 68.1 Å². The second-order valence-electron chi connectivity index (χ2n) is 8.96. The van der Waals surface area contributed by atoms with Gasteiger partial charge in [0.25, 0.3) is 0 Å². The third kappa shape index (κ3) is 6.33. The van der Waals surface area contributed by atoms with Gasteiger partial charge in [0, 0.05) is 24.5 Å². The van der Waals surface area contributed by atoms with Crippen LogP contribution in [0.4, 0.5) is 0 Å². The first kappa shape index (κ1) is 23.3. The van der Waals surface area contributed by atoms with Crippen LogP contribution < -0.4 is 5.32 Å². The summed E-state index contributed by atoms with van der Waals surface area (Å²) in [6.45, 7) is 7.45. The van der Waals surface area contributed by atoms with Crippen molar-refractivity contribution in [2.75, 3.05) is 13.1 Å². The Morgan fingerprint density at radius 2 is 1.61 bits per heavy atom. The number of amides is 2. The van der Waals surface area contributed by atoms with Gasteiger partial charge >= 0.3 is 0 Å². The molecule has 0 unspecified atom stereocenters. The summed E-state index contributed by atoms with van der Waals surface area (Å²) >= 11 is 6.00. The Labute approximate surface area is 191 Å². The summed E-state index contributed by atoms with van der Waals surface area (Å²) in [5.41, 5.74) is 2.41. The van der Waals surface area contributed by atoms with Gasteiger partial charge in [-0.15, -0.1) is 0 Å². The molecule has 1 aliphatic heterocycles. The number of rotatable bonds is 7. The lowest BCUT2D eigenvalue weighted by Crippen LogP contribution is -2.53. The van der Waals surface area contributed by atoms with E-state index in [4.69, 9.17) is 11.6 Å². The number of hydrogen-bond acceptors (Lipinski definition) is 2. The van der Waals surface area contributed by atoms with Gasteiger partial charge < -0.3 is 10.2 Å². The highest BCUT2D eigenvalue weighted by atomic mass is 35.5. The zero-order chi connectivity index (χ0) is 22.4. The van der Waals surface area contributed by atoms with E-state index in [9.17, 15) is 9.59 Å². The lowest BCUT2D eigenvalue weighted by Gasteiger charge is -2.35. The van der Waals surface area contributed by atoms with Crippen molar-refractivity contribution >= 4 is 23.4 Å².